The maximum absolute atomic E-state index is 8.50. The molecule has 0 fully saturated rings. The molecule has 0 saturated carbocycles. The van der Waals surface area contributed by atoms with Crippen LogP contribution >= 0.6 is 0 Å². The van der Waals surface area contributed by atoms with Crippen molar-refractivity contribution in [2.75, 3.05) is 0 Å². The van der Waals surface area contributed by atoms with E-state index in [0.29, 0.717) is 0 Å². The summed E-state index contributed by atoms with van der Waals surface area (Å²) in [5.74, 6) is 0. The number of nitrogens with one attached hydrogen (secondary N) is 1. The quantitative estimate of drug-likeness (QED) is 0.233. The molecule has 6 heavy (non-hydrogen) atoms. The Bertz CT molecular complexity index is 52.6. The van der Waals surface area contributed by atoms with Gasteiger partial charge in [-0.25, -0.2) is 0 Å². The summed E-state index contributed by atoms with van der Waals surface area (Å²) in [6.07, 6.45) is 0. The third-order valence-corrected chi connectivity index (χ3v) is 0. The zero-order valence-corrected chi connectivity index (χ0v) is 4.19. The first-order valence-electron chi connectivity index (χ1n) is 0.816. The van der Waals surface area contributed by atoms with Gasteiger partial charge in [0.2, 0.25) is 0 Å². The van der Waals surface area contributed by atoms with E-state index in [9.17, 15) is 0 Å². The fourth-order valence-electron chi connectivity index (χ4n) is 0. The van der Waals surface area contributed by atoms with E-state index in [1.807, 2.05) is 0 Å². The summed E-state index contributed by atoms with van der Waals surface area (Å²) < 4.78 is 17.0. The van der Waals surface area contributed by atoms with Gasteiger partial charge in [-0.3, -0.25) is 10.1 Å². The predicted octanol–water partition coefficient (Wildman–Crippen LogP) is -1.91. The van der Waals surface area contributed by atoms with Crippen LogP contribution in [-0.2, 0) is 25.7 Å². The van der Waals surface area contributed by atoms with Crippen LogP contribution in [0.2, 0.25) is 0 Å². The first kappa shape index (κ1) is 9.21. The summed E-state index contributed by atoms with van der Waals surface area (Å²) in [4.78, 5) is 8.12. The molecule has 0 amide bonds. The van der Waals surface area contributed by atoms with E-state index in [0.717, 1.165) is 0 Å². The molecule has 0 aliphatic heterocycles. The molecule has 0 aliphatic rings. The van der Waals surface area contributed by atoms with Crippen LogP contribution in [0.4, 0.5) is 0 Å². The summed E-state index contributed by atoms with van der Waals surface area (Å²) in [6, 6.07) is 0. The van der Waals surface area contributed by atoms with Gasteiger partial charge < -0.3 is 0 Å². The van der Waals surface area contributed by atoms with Gasteiger partial charge in [0.05, 0.1) is 0 Å². The van der Waals surface area contributed by atoms with Crippen molar-refractivity contribution in [1.29, 1.82) is 0 Å². The van der Waals surface area contributed by atoms with E-state index in [-0.39, 0.29) is 5.34 Å². The van der Waals surface area contributed by atoms with E-state index >= 15 is 0 Å². The zero-order valence-electron chi connectivity index (χ0n) is 2.63. The average Bonchev–Trinajstić information content (AvgIpc) is 1.39. The third-order valence-electron chi connectivity index (χ3n) is 0. The molecule has 0 aromatic heterocycles. The summed E-state index contributed by atoms with van der Waals surface area (Å²) in [5.41, 5.74) is 0. The Hall–Kier alpha value is -0.286. The Morgan fingerprint density at radius 2 is 1.50 bits per heavy atom. The Kier molecular flexibility index (Phi) is 34.0. The van der Waals surface area contributed by atoms with Crippen LogP contribution in [0.1, 0.15) is 0 Å². The van der Waals surface area contributed by atoms with Gasteiger partial charge in [0.15, 0.2) is 0 Å². The van der Waals surface area contributed by atoms with Crippen molar-refractivity contribution in [3.8, 4) is 0 Å². The molecule has 0 unspecified atom stereocenters. The van der Waals surface area contributed by atoms with Crippen LogP contribution in [0, 0.1) is 10.1 Å². The van der Waals surface area contributed by atoms with Crippen molar-refractivity contribution in [1.82, 2.24) is 0 Å². The minimum atomic E-state index is -2.00. The molecular formula is HNO4Ti. The molecule has 1 N–H and O–H groups in total. The van der Waals surface area contributed by atoms with Crippen LogP contribution in [-0.4, -0.2) is 0 Å². The summed E-state index contributed by atoms with van der Waals surface area (Å²) in [5, 5.41) is 8.38. The molecule has 0 aromatic carbocycles. The second-order valence-electron chi connectivity index (χ2n) is 0.167. The van der Waals surface area contributed by atoms with Gasteiger partial charge >= 0.3 is 25.7 Å². The van der Waals surface area contributed by atoms with Crippen LogP contribution < -0.4 is 5.34 Å². The van der Waals surface area contributed by atoms with E-state index in [1.165, 1.54) is 0 Å². The predicted molar refractivity (Wildman–Crippen MR) is 9.07 cm³/mol. The third kappa shape index (κ3) is 335. The van der Waals surface area contributed by atoms with Gasteiger partial charge in [-0.1, -0.05) is 0 Å². The molecule has 0 spiro atoms. The van der Waals surface area contributed by atoms with Gasteiger partial charge in [0.25, 0.3) is 0 Å². The van der Waals surface area contributed by atoms with Crippen molar-refractivity contribution >= 4 is 0 Å². The second kappa shape index (κ2) is 22.1. The normalized spacial score (nSPS) is 3.33. The molecular weight excluding hydrogens is 126 g/mol. The number of rotatable bonds is 0. The fourth-order valence-corrected chi connectivity index (χ4v) is 0. The molecule has 0 saturated heterocycles. The zero-order chi connectivity index (χ0) is 5.41. The monoisotopic (exact) mass is 127 g/mol. The van der Waals surface area contributed by atoms with E-state index in [1.54, 1.807) is 0 Å². The first-order chi connectivity index (χ1) is 2.83. The summed E-state index contributed by atoms with van der Waals surface area (Å²) >= 11 is -2.00. The standard InChI is InChI=1S/HNO2.2O.Ti/c2-1-3;;;/h1H;;;. The first-order valence-corrected chi connectivity index (χ1v) is 2.09. The van der Waals surface area contributed by atoms with Crippen LogP contribution in [0.15, 0.2) is 0 Å². The van der Waals surface area contributed by atoms with E-state index in [4.69, 9.17) is 16.8 Å². The molecule has 0 atom stereocenters. The van der Waals surface area contributed by atoms with Crippen molar-refractivity contribution in [2.24, 2.45) is 0 Å². The minimum absolute atomic E-state index is 0.250. The summed E-state index contributed by atoms with van der Waals surface area (Å²) in [6.45, 7) is 0. The van der Waals surface area contributed by atoms with Gasteiger partial charge in [-0.2, -0.15) is 0 Å². The topological polar surface area (TPSA) is 88.2 Å². The Labute approximate surface area is 41.9 Å². The van der Waals surface area contributed by atoms with Crippen molar-refractivity contribution in [2.45, 2.75) is 0 Å². The van der Waals surface area contributed by atoms with Crippen LogP contribution in [0.3, 0.4) is 0 Å². The summed E-state index contributed by atoms with van der Waals surface area (Å²) in [7, 11) is 0. The molecule has 34 valence electrons. The van der Waals surface area contributed by atoms with Crippen LogP contribution in [0.25, 0.3) is 0 Å². The molecule has 0 bridgehead atoms. The van der Waals surface area contributed by atoms with Crippen molar-refractivity contribution in [3.63, 3.8) is 0 Å². The molecule has 5 nitrogen and oxygen atoms in total. The van der Waals surface area contributed by atoms with Gasteiger partial charge in [-0.05, 0) is 0 Å². The second-order valence-corrected chi connectivity index (χ2v) is 0.427. The van der Waals surface area contributed by atoms with E-state index < -0.39 is 19.1 Å². The maximum atomic E-state index is 8.50. The molecule has 0 aromatic rings. The molecule has 6 heteroatoms. The van der Waals surface area contributed by atoms with Crippen molar-refractivity contribution in [3.05, 3.63) is 10.1 Å². The van der Waals surface area contributed by atoms with Gasteiger partial charge in [0.1, 0.15) is 0 Å². The molecule has 0 heterocycles. The Morgan fingerprint density at radius 3 is 1.50 bits per heavy atom. The van der Waals surface area contributed by atoms with Crippen molar-refractivity contribution < 1.29 is 31.1 Å². The molecule has 0 radical (unpaired) electrons. The Balaban J connectivity index is 0. The number of hydrogen-bond donors (Lipinski definition) is 1. The van der Waals surface area contributed by atoms with Crippen LogP contribution in [0.5, 0.6) is 0 Å². The average molecular weight is 127 g/mol. The van der Waals surface area contributed by atoms with E-state index in [2.05, 4.69) is 0 Å². The Morgan fingerprint density at radius 1 is 1.50 bits per heavy atom. The molecule has 0 aliphatic carbocycles. The fraction of sp³-hybridized carbons (Fsp3) is 0. The van der Waals surface area contributed by atoms with Gasteiger partial charge in [-0.15, -0.1) is 0 Å². The molecule has 0 rings (SSSR count). The number of hydrogen-bond acceptors (Lipinski definition) is 4. The SMILES string of the molecule is O=[NH+][O-].[O]=[Ti]=[O]. The van der Waals surface area contributed by atoms with Gasteiger partial charge in [0, 0.05) is 5.34 Å².